The molecule has 1 fully saturated rings. The Balaban J connectivity index is 1.81. The lowest BCUT2D eigenvalue weighted by Gasteiger charge is -2.30. The van der Waals surface area contributed by atoms with E-state index >= 15 is 0 Å². The second-order valence-electron chi connectivity index (χ2n) is 5.19. The molecule has 0 atom stereocenters. The van der Waals surface area contributed by atoms with Crippen LogP contribution >= 0.6 is 0 Å². The van der Waals surface area contributed by atoms with Crippen LogP contribution in [0.15, 0.2) is 24.3 Å². The summed E-state index contributed by atoms with van der Waals surface area (Å²) in [6, 6.07) is 5.21. The number of amides is 2. The van der Waals surface area contributed by atoms with Gasteiger partial charge < -0.3 is 15.3 Å². The molecule has 0 unspecified atom stereocenters. The van der Waals surface area contributed by atoms with Crippen molar-refractivity contribution in [2.45, 2.75) is 12.8 Å². The van der Waals surface area contributed by atoms with E-state index in [1.165, 1.54) is 23.1 Å². The van der Waals surface area contributed by atoms with Crippen molar-refractivity contribution in [3.8, 4) is 0 Å². The van der Waals surface area contributed by atoms with E-state index in [9.17, 15) is 18.8 Å². The molecule has 2 rings (SSSR count). The third-order valence-corrected chi connectivity index (χ3v) is 3.68. The van der Waals surface area contributed by atoms with Crippen LogP contribution in [0.4, 0.5) is 4.39 Å². The second kappa shape index (κ2) is 7.02. The maximum Gasteiger partial charge on any atom is 0.306 e. The van der Waals surface area contributed by atoms with Crippen molar-refractivity contribution < 1.29 is 23.9 Å². The normalized spacial score (nSPS) is 15.4. The topological polar surface area (TPSA) is 86.7 Å². The lowest BCUT2D eigenvalue weighted by Crippen LogP contribution is -2.45. The number of aliphatic carboxylic acids is 1. The van der Waals surface area contributed by atoms with E-state index in [1.54, 1.807) is 0 Å². The standard InChI is InChI=1S/C15H17FN2O4/c16-12-3-1-2-11(8-12)14(20)17-9-13(19)18-6-4-10(5-7-18)15(21)22/h1-3,8,10H,4-7,9H2,(H,17,20)(H,21,22). The van der Waals surface area contributed by atoms with Crippen LogP contribution in [0.25, 0.3) is 0 Å². The van der Waals surface area contributed by atoms with Gasteiger partial charge in [0.15, 0.2) is 0 Å². The summed E-state index contributed by atoms with van der Waals surface area (Å²) in [5.74, 6) is -2.56. The van der Waals surface area contributed by atoms with Crippen molar-refractivity contribution in [3.63, 3.8) is 0 Å². The Morgan fingerprint density at radius 1 is 1.27 bits per heavy atom. The Labute approximate surface area is 126 Å². The number of carbonyl (C=O) groups excluding carboxylic acids is 2. The van der Waals surface area contributed by atoms with Gasteiger partial charge in [0.1, 0.15) is 5.82 Å². The van der Waals surface area contributed by atoms with Crippen LogP contribution in [0.1, 0.15) is 23.2 Å². The molecule has 0 saturated carbocycles. The molecule has 0 spiro atoms. The van der Waals surface area contributed by atoms with E-state index in [0.29, 0.717) is 25.9 Å². The Hall–Kier alpha value is -2.44. The number of rotatable bonds is 4. The number of benzene rings is 1. The van der Waals surface area contributed by atoms with Gasteiger partial charge in [-0.2, -0.15) is 0 Å². The quantitative estimate of drug-likeness (QED) is 0.864. The van der Waals surface area contributed by atoms with Gasteiger partial charge in [0, 0.05) is 18.7 Å². The molecule has 118 valence electrons. The molecule has 1 saturated heterocycles. The number of carboxylic acid groups (broad SMARTS) is 1. The summed E-state index contributed by atoms with van der Waals surface area (Å²) in [6.07, 6.45) is 0.831. The van der Waals surface area contributed by atoms with Crippen LogP contribution in [-0.4, -0.2) is 47.4 Å². The highest BCUT2D eigenvalue weighted by Gasteiger charge is 2.26. The van der Waals surface area contributed by atoms with E-state index in [-0.39, 0.29) is 18.0 Å². The Bertz CT molecular complexity index is 583. The van der Waals surface area contributed by atoms with Gasteiger partial charge >= 0.3 is 5.97 Å². The maximum absolute atomic E-state index is 13.0. The maximum atomic E-state index is 13.0. The van der Waals surface area contributed by atoms with Gasteiger partial charge in [0.25, 0.3) is 5.91 Å². The highest BCUT2D eigenvalue weighted by molar-refractivity contribution is 5.96. The molecule has 22 heavy (non-hydrogen) atoms. The highest BCUT2D eigenvalue weighted by atomic mass is 19.1. The fourth-order valence-corrected chi connectivity index (χ4v) is 2.38. The van der Waals surface area contributed by atoms with Gasteiger partial charge in [-0.05, 0) is 31.0 Å². The summed E-state index contributed by atoms with van der Waals surface area (Å²) in [6.45, 7) is 0.546. The van der Waals surface area contributed by atoms with Crippen molar-refractivity contribution in [2.24, 2.45) is 5.92 Å². The molecule has 2 N–H and O–H groups in total. The first-order valence-electron chi connectivity index (χ1n) is 7.01. The summed E-state index contributed by atoms with van der Waals surface area (Å²) in [5.41, 5.74) is 0.150. The number of halogens is 1. The summed E-state index contributed by atoms with van der Waals surface area (Å²) < 4.78 is 13.0. The molecule has 6 nitrogen and oxygen atoms in total. The Kier molecular flexibility index (Phi) is 5.08. The molecule has 0 aliphatic carbocycles. The first kappa shape index (κ1) is 15.9. The van der Waals surface area contributed by atoms with Crippen molar-refractivity contribution >= 4 is 17.8 Å². The summed E-state index contributed by atoms with van der Waals surface area (Å²) in [7, 11) is 0. The SMILES string of the molecule is O=C(NCC(=O)N1CCC(C(=O)O)CC1)c1cccc(F)c1. The summed E-state index contributed by atoms with van der Waals surface area (Å²) in [4.78, 5) is 36.1. The first-order valence-corrected chi connectivity index (χ1v) is 7.01. The van der Waals surface area contributed by atoms with Crippen LogP contribution in [0.2, 0.25) is 0 Å². The molecule has 7 heteroatoms. The van der Waals surface area contributed by atoms with E-state index in [1.807, 2.05) is 0 Å². The molecule has 1 aromatic rings. The number of piperidine rings is 1. The van der Waals surface area contributed by atoms with E-state index < -0.39 is 23.6 Å². The third-order valence-electron chi connectivity index (χ3n) is 3.68. The molecule has 0 radical (unpaired) electrons. The van der Waals surface area contributed by atoms with Crippen LogP contribution in [0.3, 0.4) is 0 Å². The molecule has 0 aromatic heterocycles. The van der Waals surface area contributed by atoms with Gasteiger partial charge in [0.2, 0.25) is 5.91 Å². The number of hydrogen-bond donors (Lipinski definition) is 2. The third kappa shape index (κ3) is 4.03. The molecule has 1 aliphatic rings. The highest BCUT2D eigenvalue weighted by Crippen LogP contribution is 2.17. The average Bonchev–Trinajstić information content (AvgIpc) is 2.52. The molecule has 1 aromatic carbocycles. The van der Waals surface area contributed by atoms with Crippen molar-refractivity contribution in [1.29, 1.82) is 0 Å². The molecular formula is C15H17FN2O4. The molecular weight excluding hydrogens is 291 g/mol. The number of carboxylic acids is 1. The zero-order chi connectivity index (χ0) is 16.1. The van der Waals surface area contributed by atoms with Crippen molar-refractivity contribution in [1.82, 2.24) is 10.2 Å². The molecule has 1 aliphatic heterocycles. The number of hydrogen-bond acceptors (Lipinski definition) is 3. The fourth-order valence-electron chi connectivity index (χ4n) is 2.38. The molecule has 2 amide bonds. The van der Waals surface area contributed by atoms with E-state index in [4.69, 9.17) is 5.11 Å². The van der Waals surface area contributed by atoms with E-state index in [2.05, 4.69) is 5.32 Å². The Morgan fingerprint density at radius 2 is 1.95 bits per heavy atom. The van der Waals surface area contributed by atoms with Gasteiger partial charge in [-0.15, -0.1) is 0 Å². The largest absolute Gasteiger partial charge is 0.481 e. The van der Waals surface area contributed by atoms with E-state index in [0.717, 1.165) is 6.07 Å². The van der Waals surface area contributed by atoms with Gasteiger partial charge in [-0.25, -0.2) is 4.39 Å². The molecule has 0 bridgehead atoms. The van der Waals surface area contributed by atoms with Crippen LogP contribution in [0, 0.1) is 11.7 Å². The number of carbonyl (C=O) groups is 3. The van der Waals surface area contributed by atoms with Gasteiger partial charge in [-0.1, -0.05) is 6.07 Å². The zero-order valence-corrected chi connectivity index (χ0v) is 11.9. The average molecular weight is 308 g/mol. The van der Waals surface area contributed by atoms with Crippen LogP contribution in [0.5, 0.6) is 0 Å². The van der Waals surface area contributed by atoms with Gasteiger partial charge in [0.05, 0.1) is 12.5 Å². The number of likely N-dealkylation sites (tertiary alicyclic amines) is 1. The molecule has 1 heterocycles. The lowest BCUT2D eigenvalue weighted by molar-refractivity contribution is -0.145. The number of nitrogens with zero attached hydrogens (tertiary/aromatic N) is 1. The van der Waals surface area contributed by atoms with Crippen molar-refractivity contribution in [3.05, 3.63) is 35.6 Å². The second-order valence-corrected chi connectivity index (χ2v) is 5.19. The van der Waals surface area contributed by atoms with Crippen LogP contribution in [-0.2, 0) is 9.59 Å². The minimum absolute atomic E-state index is 0.150. The number of nitrogens with one attached hydrogen (secondary N) is 1. The summed E-state index contributed by atoms with van der Waals surface area (Å²) in [5, 5.41) is 11.3. The van der Waals surface area contributed by atoms with Crippen LogP contribution < -0.4 is 5.32 Å². The van der Waals surface area contributed by atoms with Gasteiger partial charge in [-0.3, -0.25) is 14.4 Å². The lowest BCUT2D eigenvalue weighted by atomic mass is 9.97. The zero-order valence-electron chi connectivity index (χ0n) is 11.9. The predicted octanol–water partition coefficient (Wildman–Crippen LogP) is 0.879. The Morgan fingerprint density at radius 3 is 2.55 bits per heavy atom. The smallest absolute Gasteiger partial charge is 0.306 e. The minimum atomic E-state index is -0.841. The monoisotopic (exact) mass is 308 g/mol. The summed E-state index contributed by atoms with van der Waals surface area (Å²) >= 11 is 0. The van der Waals surface area contributed by atoms with Crippen molar-refractivity contribution in [2.75, 3.05) is 19.6 Å². The predicted molar refractivity (Wildman–Crippen MR) is 75.7 cm³/mol. The first-order chi connectivity index (χ1) is 10.5. The minimum Gasteiger partial charge on any atom is -0.481 e. The fraction of sp³-hybridized carbons (Fsp3) is 0.400.